The second-order valence-electron chi connectivity index (χ2n) is 5.65. The topological polar surface area (TPSA) is 23.5 Å². The Balaban J connectivity index is 2.13. The Morgan fingerprint density at radius 3 is 2.72 bits per heavy atom. The van der Waals surface area contributed by atoms with Crippen molar-refractivity contribution in [2.75, 3.05) is 6.54 Å². The number of rotatable bonds is 4. The predicted octanol–water partition coefficient (Wildman–Crippen LogP) is 3.29. The summed E-state index contributed by atoms with van der Waals surface area (Å²) in [6.07, 6.45) is 3.19. The van der Waals surface area contributed by atoms with Gasteiger partial charge in [0.1, 0.15) is 0 Å². The first-order valence-electron chi connectivity index (χ1n) is 7.09. The van der Waals surface area contributed by atoms with Gasteiger partial charge in [0.2, 0.25) is 0 Å². The molecule has 1 N–H and O–H groups in total. The Bertz CT molecular complexity index is 388. The van der Waals surface area contributed by atoms with Gasteiger partial charge in [-0.25, -0.2) is 0 Å². The molecule has 1 aromatic rings. The maximum absolute atomic E-state index is 9.61. The van der Waals surface area contributed by atoms with E-state index in [0.717, 1.165) is 13.0 Å². The van der Waals surface area contributed by atoms with Crippen LogP contribution in [-0.4, -0.2) is 28.7 Å². The van der Waals surface area contributed by atoms with Crippen molar-refractivity contribution in [2.24, 2.45) is 0 Å². The van der Waals surface area contributed by atoms with E-state index >= 15 is 0 Å². The molecule has 1 fully saturated rings. The third-order valence-electron chi connectivity index (χ3n) is 4.17. The molecule has 2 heteroatoms. The summed E-state index contributed by atoms with van der Waals surface area (Å²) in [7, 11) is 0. The van der Waals surface area contributed by atoms with E-state index in [2.05, 4.69) is 43.0 Å². The monoisotopic (exact) mass is 247 g/mol. The SMILES string of the molecule is Cc1ccccc1C(C)N1CCCC1CC(C)O. The first kappa shape index (κ1) is 13.6. The van der Waals surface area contributed by atoms with Crippen molar-refractivity contribution in [3.8, 4) is 0 Å². The Kier molecular flexibility index (Phi) is 4.41. The lowest BCUT2D eigenvalue weighted by Gasteiger charge is -2.32. The minimum atomic E-state index is -0.195. The number of likely N-dealkylation sites (tertiary alicyclic amines) is 1. The van der Waals surface area contributed by atoms with Crippen LogP contribution in [0.1, 0.15) is 50.3 Å². The highest BCUT2D eigenvalue weighted by Crippen LogP contribution is 2.32. The van der Waals surface area contributed by atoms with Gasteiger partial charge in [0.25, 0.3) is 0 Å². The van der Waals surface area contributed by atoms with Crippen LogP contribution in [0.2, 0.25) is 0 Å². The third-order valence-corrected chi connectivity index (χ3v) is 4.17. The van der Waals surface area contributed by atoms with Gasteiger partial charge in [-0.3, -0.25) is 4.90 Å². The zero-order chi connectivity index (χ0) is 13.1. The summed E-state index contributed by atoms with van der Waals surface area (Å²) in [5.41, 5.74) is 2.79. The molecule has 2 nitrogen and oxygen atoms in total. The van der Waals surface area contributed by atoms with Crippen LogP contribution in [-0.2, 0) is 0 Å². The van der Waals surface area contributed by atoms with Crippen LogP contribution < -0.4 is 0 Å². The smallest absolute Gasteiger partial charge is 0.0527 e. The molecule has 1 heterocycles. The fourth-order valence-corrected chi connectivity index (χ4v) is 3.25. The maximum Gasteiger partial charge on any atom is 0.0527 e. The van der Waals surface area contributed by atoms with Gasteiger partial charge in [0, 0.05) is 12.1 Å². The van der Waals surface area contributed by atoms with E-state index in [1.54, 1.807) is 0 Å². The van der Waals surface area contributed by atoms with Gasteiger partial charge in [-0.2, -0.15) is 0 Å². The average molecular weight is 247 g/mol. The summed E-state index contributed by atoms with van der Waals surface area (Å²) in [5, 5.41) is 9.61. The molecule has 0 bridgehead atoms. The minimum absolute atomic E-state index is 0.195. The quantitative estimate of drug-likeness (QED) is 0.882. The number of hydrogen-bond donors (Lipinski definition) is 1. The van der Waals surface area contributed by atoms with Crippen LogP contribution >= 0.6 is 0 Å². The van der Waals surface area contributed by atoms with E-state index in [-0.39, 0.29) is 6.10 Å². The number of benzene rings is 1. The molecule has 0 radical (unpaired) electrons. The Labute approximate surface area is 111 Å². The lowest BCUT2D eigenvalue weighted by Crippen LogP contribution is -2.34. The summed E-state index contributed by atoms with van der Waals surface area (Å²) in [6.45, 7) is 7.54. The van der Waals surface area contributed by atoms with Gasteiger partial charge < -0.3 is 5.11 Å². The molecule has 18 heavy (non-hydrogen) atoms. The van der Waals surface area contributed by atoms with Crippen LogP contribution in [0.15, 0.2) is 24.3 Å². The zero-order valence-electron chi connectivity index (χ0n) is 11.8. The lowest BCUT2D eigenvalue weighted by molar-refractivity contribution is 0.114. The van der Waals surface area contributed by atoms with E-state index in [4.69, 9.17) is 0 Å². The van der Waals surface area contributed by atoms with Crippen LogP contribution in [0.25, 0.3) is 0 Å². The Morgan fingerprint density at radius 1 is 1.33 bits per heavy atom. The Hall–Kier alpha value is -0.860. The molecule has 2 rings (SSSR count). The number of nitrogens with zero attached hydrogens (tertiary/aromatic N) is 1. The summed E-state index contributed by atoms with van der Waals surface area (Å²) in [5.74, 6) is 0. The van der Waals surface area contributed by atoms with Gasteiger partial charge in [0.15, 0.2) is 0 Å². The van der Waals surface area contributed by atoms with E-state index < -0.39 is 0 Å². The van der Waals surface area contributed by atoms with E-state index in [1.807, 2.05) is 6.92 Å². The molecule has 1 aliphatic heterocycles. The molecule has 3 unspecified atom stereocenters. The lowest BCUT2D eigenvalue weighted by atomic mass is 9.99. The molecule has 1 aliphatic rings. The van der Waals surface area contributed by atoms with Crippen molar-refractivity contribution < 1.29 is 5.11 Å². The molecule has 0 aliphatic carbocycles. The van der Waals surface area contributed by atoms with E-state index in [9.17, 15) is 5.11 Å². The second kappa shape index (κ2) is 5.85. The van der Waals surface area contributed by atoms with Crippen molar-refractivity contribution in [3.05, 3.63) is 35.4 Å². The molecule has 0 aromatic heterocycles. The summed E-state index contributed by atoms with van der Waals surface area (Å²) < 4.78 is 0. The number of aliphatic hydroxyl groups is 1. The van der Waals surface area contributed by atoms with Crippen LogP contribution in [0, 0.1) is 6.92 Å². The predicted molar refractivity (Wildman–Crippen MR) is 75.6 cm³/mol. The number of hydrogen-bond acceptors (Lipinski definition) is 2. The van der Waals surface area contributed by atoms with Gasteiger partial charge in [-0.1, -0.05) is 24.3 Å². The average Bonchev–Trinajstić information content (AvgIpc) is 2.76. The number of aryl methyl sites for hydroxylation is 1. The molecule has 100 valence electrons. The minimum Gasteiger partial charge on any atom is -0.393 e. The van der Waals surface area contributed by atoms with E-state index in [0.29, 0.717) is 12.1 Å². The molecule has 1 aromatic carbocycles. The molecular weight excluding hydrogens is 222 g/mol. The fraction of sp³-hybridized carbons (Fsp3) is 0.625. The van der Waals surface area contributed by atoms with Crippen molar-refractivity contribution in [2.45, 2.75) is 58.2 Å². The molecule has 3 atom stereocenters. The normalized spacial score (nSPS) is 24.1. The first-order valence-corrected chi connectivity index (χ1v) is 7.09. The summed E-state index contributed by atoms with van der Waals surface area (Å²) in [6, 6.07) is 9.64. The molecular formula is C16H25NO. The van der Waals surface area contributed by atoms with Crippen molar-refractivity contribution in [1.29, 1.82) is 0 Å². The summed E-state index contributed by atoms with van der Waals surface area (Å²) >= 11 is 0. The van der Waals surface area contributed by atoms with Gasteiger partial charge in [-0.15, -0.1) is 0 Å². The zero-order valence-corrected chi connectivity index (χ0v) is 11.8. The third kappa shape index (κ3) is 2.93. The largest absolute Gasteiger partial charge is 0.393 e. The van der Waals surface area contributed by atoms with Crippen LogP contribution in [0.5, 0.6) is 0 Å². The van der Waals surface area contributed by atoms with Gasteiger partial charge in [0.05, 0.1) is 6.10 Å². The van der Waals surface area contributed by atoms with Crippen molar-refractivity contribution in [3.63, 3.8) is 0 Å². The second-order valence-corrected chi connectivity index (χ2v) is 5.65. The highest BCUT2D eigenvalue weighted by atomic mass is 16.3. The fourth-order valence-electron chi connectivity index (χ4n) is 3.25. The van der Waals surface area contributed by atoms with Crippen molar-refractivity contribution >= 4 is 0 Å². The van der Waals surface area contributed by atoms with Gasteiger partial charge in [-0.05, 0) is 57.7 Å². The van der Waals surface area contributed by atoms with Crippen LogP contribution in [0.4, 0.5) is 0 Å². The van der Waals surface area contributed by atoms with E-state index in [1.165, 1.54) is 24.0 Å². The highest BCUT2D eigenvalue weighted by molar-refractivity contribution is 5.28. The maximum atomic E-state index is 9.61. The molecule has 0 saturated carbocycles. The summed E-state index contributed by atoms with van der Waals surface area (Å²) in [4.78, 5) is 2.56. The van der Waals surface area contributed by atoms with Crippen LogP contribution in [0.3, 0.4) is 0 Å². The van der Waals surface area contributed by atoms with Crippen molar-refractivity contribution in [1.82, 2.24) is 4.90 Å². The standard InChI is InChI=1S/C16H25NO/c1-12-7-4-5-9-16(12)14(3)17-10-6-8-15(17)11-13(2)18/h4-5,7,9,13-15,18H,6,8,10-11H2,1-3H3. The highest BCUT2D eigenvalue weighted by Gasteiger charge is 2.30. The van der Waals surface area contributed by atoms with Gasteiger partial charge >= 0.3 is 0 Å². The Morgan fingerprint density at radius 2 is 2.06 bits per heavy atom. The first-order chi connectivity index (χ1) is 8.59. The molecule has 0 amide bonds. The molecule has 0 spiro atoms. The molecule has 1 saturated heterocycles. The number of aliphatic hydroxyl groups excluding tert-OH is 1.